The third kappa shape index (κ3) is 4.74. The molecular formula is C34H35N9O4. The zero-order valence-electron chi connectivity index (χ0n) is 25.8. The molecule has 4 aromatic rings. The second kappa shape index (κ2) is 10.6. The maximum Gasteiger partial charge on any atom is 0.262 e. The molecule has 0 spiro atoms. The molecule has 3 aliphatic carbocycles. The van der Waals surface area contributed by atoms with Crippen LogP contribution in [-0.4, -0.2) is 71.7 Å². The van der Waals surface area contributed by atoms with Crippen molar-refractivity contribution in [2.45, 2.75) is 81.5 Å². The van der Waals surface area contributed by atoms with Gasteiger partial charge in [-0.1, -0.05) is 0 Å². The lowest BCUT2D eigenvalue weighted by molar-refractivity contribution is -0.136. The van der Waals surface area contributed by atoms with Crippen LogP contribution in [-0.2, 0) is 9.59 Å². The van der Waals surface area contributed by atoms with E-state index in [0.29, 0.717) is 23.9 Å². The largest absolute Gasteiger partial charge is 0.385 e. The second-order valence-corrected chi connectivity index (χ2v) is 13.9. The molecule has 2 aliphatic heterocycles. The number of hydrogen-bond donors (Lipinski definition) is 3. The third-order valence-electron chi connectivity index (χ3n) is 10.6. The van der Waals surface area contributed by atoms with Gasteiger partial charge in [0, 0.05) is 54.0 Å². The number of nitrogens with two attached hydrogens (primary N) is 1. The zero-order chi connectivity index (χ0) is 32.0. The van der Waals surface area contributed by atoms with Gasteiger partial charge in [0.05, 0.1) is 46.3 Å². The van der Waals surface area contributed by atoms with Gasteiger partial charge in [-0.15, -0.1) is 0 Å². The van der Waals surface area contributed by atoms with Crippen molar-refractivity contribution >= 4 is 40.2 Å². The van der Waals surface area contributed by atoms with Gasteiger partial charge in [-0.25, -0.2) is 0 Å². The number of aromatic nitrogens is 5. The molecule has 240 valence electrons. The number of hydrogen-bond acceptors (Lipinski definition) is 9. The Morgan fingerprint density at radius 1 is 0.915 bits per heavy atom. The molecular weight excluding hydrogens is 598 g/mol. The number of fused-ring (bicyclic) bond motifs is 2. The van der Waals surface area contributed by atoms with E-state index < -0.39 is 29.7 Å². The smallest absolute Gasteiger partial charge is 0.262 e. The number of nitrogens with one attached hydrogen (secondary N) is 2. The van der Waals surface area contributed by atoms with Crippen molar-refractivity contribution in [1.29, 1.82) is 0 Å². The molecule has 0 bridgehead atoms. The minimum atomic E-state index is -0.972. The molecule has 4 N–H and O–H groups in total. The Bertz CT molecular complexity index is 1980. The van der Waals surface area contributed by atoms with Gasteiger partial charge in [0.25, 0.3) is 11.8 Å². The molecule has 13 heteroatoms. The van der Waals surface area contributed by atoms with Crippen LogP contribution in [0.25, 0.3) is 22.2 Å². The third-order valence-corrected chi connectivity index (χ3v) is 10.6. The highest BCUT2D eigenvalue weighted by Gasteiger charge is 2.45. The van der Waals surface area contributed by atoms with Crippen molar-refractivity contribution in [2.75, 3.05) is 11.9 Å². The van der Waals surface area contributed by atoms with E-state index in [1.54, 1.807) is 18.2 Å². The van der Waals surface area contributed by atoms with Gasteiger partial charge in [-0.3, -0.25) is 43.7 Å². The van der Waals surface area contributed by atoms with Crippen LogP contribution in [0, 0.1) is 5.92 Å². The molecule has 0 radical (unpaired) electrons. The number of carbonyl (C=O) groups is 4. The Morgan fingerprint density at radius 3 is 2.49 bits per heavy atom. The summed E-state index contributed by atoms with van der Waals surface area (Å²) in [6.45, 7) is 0.727. The summed E-state index contributed by atoms with van der Waals surface area (Å²) in [5.74, 6) is -1.09. The maximum absolute atomic E-state index is 13.2. The molecule has 4 fully saturated rings. The maximum atomic E-state index is 13.2. The lowest BCUT2D eigenvalue weighted by Gasteiger charge is -2.35. The summed E-state index contributed by atoms with van der Waals surface area (Å²) in [5, 5.41) is 16.5. The first-order chi connectivity index (χ1) is 22.8. The van der Waals surface area contributed by atoms with E-state index in [2.05, 4.69) is 37.4 Å². The molecule has 9 rings (SSSR count). The van der Waals surface area contributed by atoms with Crippen molar-refractivity contribution in [3.05, 3.63) is 59.7 Å². The number of carbonyl (C=O) groups excluding carboxylic acids is 4. The minimum Gasteiger partial charge on any atom is -0.385 e. The van der Waals surface area contributed by atoms with Crippen LogP contribution in [0.4, 0.5) is 5.69 Å². The lowest BCUT2D eigenvalue weighted by atomic mass is 9.80. The number of rotatable bonds is 8. The predicted molar refractivity (Wildman–Crippen MR) is 170 cm³/mol. The van der Waals surface area contributed by atoms with Crippen molar-refractivity contribution in [3.8, 4) is 11.3 Å². The number of amides is 4. The van der Waals surface area contributed by atoms with Gasteiger partial charge in [0.1, 0.15) is 6.04 Å². The fourth-order valence-corrected chi connectivity index (χ4v) is 7.58. The molecule has 3 aromatic heterocycles. The monoisotopic (exact) mass is 633 g/mol. The van der Waals surface area contributed by atoms with Crippen LogP contribution >= 0.6 is 0 Å². The van der Waals surface area contributed by atoms with E-state index in [1.165, 1.54) is 0 Å². The van der Waals surface area contributed by atoms with Crippen molar-refractivity contribution in [3.63, 3.8) is 0 Å². The van der Waals surface area contributed by atoms with Crippen LogP contribution in [0.5, 0.6) is 0 Å². The summed E-state index contributed by atoms with van der Waals surface area (Å²) in [5.41, 5.74) is 11.6. The fraction of sp³-hybridized carbons (Fsp3) is 0.441. The van der Waals surface area contributed by atoms with Crippen LogP contribution in [0.15, 0.2) is 42.9 Å². The summed E-state index contributed by atoms with van der Waals surface area (Å²) in [7, 11) is 0. The van der Waals surface area contributed by atoms with Crippen LogP contribution in [0.3, 0.4) is 0 Å². The number of piperidine rings is 1. The topological polar surface area (TPSA) is 170 Å². The first-order valence-corrected chi connectivity index (χ1v) is 16.6. The predicted octanol–water partition coefficient (Wildman–Crippen LogP) is 3.30. The summed E-state index contributed by atoms with van der Waals surface area (Å²) in [6.07, 6.45) is 12.4. The standard InChI is InChI=1S/C34H35N9O4/c35-20-9-23(10-20)43-29-12-27(37-14-19(29)15-38-43)26-16-41(40-31(26)18-1-2-18)22-7-17(8-22)13-36-21-3-4-24-25(11-21)34(47)42(33(24)46)28-5-6-30(44)39-32(28)45/h3-4,11-12,14-18,20,22-23,28,36H,1-2,5-10,13,35H2,(H,39,44,45)/t17-,20-,22-,23+,28?. The van der Waals surface area contributed by atoms with Crippen molar-refractivity contribution < 1.29 is 19.2 Å². The SMILES string of the molecule is N[C@H]1C[C@@H](n2ncc3cnc(-c4cn([C@H]5C[C@H](CNc6ccc7c(c6)C(=O)N(C6CCC(=O)NC6=O)C7=O)C5)nc4C4CC4)cc32)C1. The Labute approximate surface area is 269 Å². The molecule has 1 saturated heterocycles. The van der Waals surface area contributed by atoms with Gasteiger partial charge < -0.3 is 11.1 Å². The average Bonchev–Trinajstić information content (AvgIpc) is 3.57. The molecule has 4 amide bonds. The Morgan fingerprint density at radius 2 is 1.72 bits per heavy atom. The molecule has 1 aromatic carbocycles. The van der Waals surface area contributed by atoms with Crippen molar-refractivity contribution in [1.82, 2.24) is 34.8 Å². The fourth-order valence-electron chi connectivity index (χ4n) is 7.58. The quantitative estimate of drug-likeness (QED) is 0.246. The second-order valence-electron chi connectivity index (χ2n) is 13.9. The highest BCUT2D eigenvalue weighted by molar-refractivity contribution is 6.23. The van der Waals surface area contributed by atoms with E-state index in [-0.39, 0.29) is 30.0 Å². The van der Waals surface area contributed by atoms with Crippen LogP contribution in [0.2, 0.25) is 0 Å². The molecule has 13 nitrogen and oxygen atoms in total. The summed E-state index contributed by atoms with van der Waals surface area (Å²) in [4.78, 5) is 55.9. The van der Waals surface area contributed by atoms with Crippen LogP contribution in [0.1, 0.15) is 95.8 Å². The highest BCUT2D eigenvalue weighted by Crippen LogP contribution is 2.46. The Balaban J connectivity index is 0.863. The summed E-state index contributed by atoms with van der Waals surface area (Å²) >= 11 is 0. The number of nitrogens with zero attached hydrogens (tertiary/aromatic N) is 6. The van der Waals surface area contributed by atoms with E-state index in [1.807, 2.05) is 12.4 Å². The lowest BCUT2D eigenvalue weighted by Crippen LogP contribution is -2.54. The summed E-state index contributed by atoms with van der Waals surface area (Å²) < 4.78 is 4.24. The van der Waals surface area contributed by atoms with Gasteiger partial charge in [0.15, 0.2) is 0 Å². The number of benzene rings is 1. The first kappa shape index (κ1) is 28.3. The normalized spacial score (nSPS) is 27.1. The van der Waals surface area contributed by atoms with Gasteiger partial charge in [-0.2, -0.15) is 10.2 Å². The zero-order valence-corrected chi connectivity index (χ0v) is 25.8. The number of anilines is 1. The van der Waals surface area contributed by atoms with Crippen LogP contribution < -0.4 is 16.4 Å². The molecule has 3 saturated carbocycles. The molecule has 5 aliphatic rings. The molecule has 1 unspecified atom stereocenters. The number of pyridine rings is 1. The molecule has 47 heavy (non-hydrogen) atoms. The highest BCUT2D eigenvalue weighted by atomic mass is 16.2. The molecule has 1 atom stereocenters. The van der Waals surface area contributed by atoms with E-state index in [9.17, 15) is 19.2 Å². The summed E-state index contributed by atoms with van der Waals surface area (Å²) in [6, 6.07) is 7.21. The van der Waals surface area contributed by atoms with E-state index in [0.717, 1.165) is 83.5 Å². The van der Waals surface area contributed by atoms with Gasteiger partial charge in [0.2, 0.25) is 11.8 Å². The Hall–Kier alpha value is -4.91. The first-order valence-electron chi connectivity index (χ1n) is 16.6. The average molecular weight is 634 g/mol. The van der Waals surface area contributed by atoms with E-state index >= 15 is 0 Å². The van der Waals surface area contributed by atoms with Gasteiger partial charge >= 0.3 is 0 Å². The number of imide groups is 2. The van der Waals surface area contributed by atoms with E-state index in [4.69, 9.17) is 15.8 Å². The Kier molecular flexibility index (Phi) is 6.36. The van der Waals surface area contributed by atoms with Gasteiger partial charge in [-0.05, 0) is 75.1 Å². The van der Waals surface area contributed by atoms with Crippen molar-refractivity contribution in [2.24, 2.45) is 11.7 Å². The minimum absolute atomic E-state index is 0.0934. The molecule has 5 heterocycles.